The van der Waals surface area contributed by atoms with Gasteiger partial charge in [-0.15, -0.1) is 0 Å². The molecule has 0 aliphatic heterocycles. The van der Waals surface area contributed by atoms with Crippen molar-refractivity contribution in [1.29, 1.82) is 0 Å². The first-order valence-corrected chi connectivity index (χ1v) is 7.24. The van der Waals surface area contributed by atoms with Crippen molar-refractivity contribution in [2.45, 2.75) is 26.2 Å². The van der Waals surface area contributed by atoms with Gasteiger partial charge in [-0.25, -0.2) is 0 Å². The van der Waals surface area contributed by atoms with E-state index in [1.807, 2.05) is 0 Å². The van der Waals surface area contributed by atoms with Crippen molar-refractivity contribution in [2.75, 3.05) is 0 Å². The average molecular weight is 349 g/mol. The lowest BCUT2D eigenvalue weighted by Crippen LogP contribution is -2.10. The molecule has 1 heterocycles. The molecule has 0 atom stereocenters. The van der Waals surface area contributed by atoms with Gasteiger partial charge in [-0.05, 0) is 63.9 Å². The summed E-state index contributed by atoms with van der Waals surface area (Å²) in [4.78, 5) is 3.48. The molecule has 0 aliphatic carbocycles. The van der Waals surface area contributed by atoms with Crippen LogP contribution in [0.3, 0.4) is 0 Å². The molecule has 0 fully saturated rings. The van der Waals surface area contributed by atoms with Crippen LogP contribution >= 0.6 is 22.6 Å². The monoisotopic (exact) mass is 349 g/mol. The lowest BCUT2D eigenvalue weighted by atomic mass is 9.86. The van der Waals surface area contributed by atoms with Crippen molar-refractivity contribution in [2.24, 2.45) is 0 Å². The highest BCUT2D eigenvalue weighted by Crippen LogP contribution is 2.31. The third-order valence-electron chi connectivity index (χ3n) is 3.43. The first-order valence-electron chi connectivity index (χ1n) is 6.17. The first-order chi connectivity index (χ1) is 8.45. The van der Waals surface area contributed by atoms with Gasteiger partial charge in [0.15, 0.2) is 0 Å². The molecule has 3 rings (SSSR count). The zero-order valence-electron chi connectivity index (χ0n) is 10.8. The van der Waals surface area contributed by atoms with E-state index in [1.54, 1.807) is 0 Å². The van der Waals surface area contributed by atoms with Crippen molar-refractivity contribution in [3.8, 4) is 0 Å². The molecule has 0 saturated heterocycles. The molecule has 0 unspecified atom stereocenters. The molecule has 1 N–H and O–H groups in total. The fraction of sp³-hybridized carbons (Fsp3) is 0.250. The summed E-state index contributed by atoms with van der Waals surface area (Å²) in [6.07, 6.45) is 0. The maximum absolute atomic E-state index is 3.48. The number of fused-ring (bicyclic) bond motifs is 3. The number of hydrogen-bond donors (Lipinski definition) is 1. The van der Waals surface area contributed by atoms with Crippen LogP contribution in [0, 0.1) is 3.57 Å². The van der Waals surface area contributed by atoms with Crippen LogP contribution in [0.5, 0.6) is 0 Å². The van der Waals surface area contributed by atoms with Crippen LogP contribution in [0.2, 0.25) is 0 Å². The second kappa shape index (κ2) is 3.98. The number of hydrogen-bond acceptors (Lipinski definition) is 0. The molecule has 0 amide bonds. The Bertz CT molecular complexity index is 732. The van der Waals surface area contributed by atoms with Gasteiger partial charge in [0.05, 0.1) is 0 Å². The van der Waals surface area contributed by atoms with Crippen molar-refractivity contribution >= 4 is 44.4 Å². The Labute approximate surface area is 121 Å². The van der Waals surface area contributed by atoms with Gasteiger partial charge < -0.3 is 4.98 Å². The minimum absolute atomic E-state index is 0.194. The molecule has 0 radical (unpaired) electrons. The van der Waals surface area contributed by atoms with Gasteiger partial charge in [-0.1, -0.05) is 26.8 Å². The van der Waals surface area contributed by atoms with E-state index >= 15 is 0 Å². The highest BCUT2D eigenvalue weighted by atomic mass is 127. The first kappa shape index (κ1) is 12.0. The van der Waals surface area contributed by atoms with E-state index in [1.165, 1.54) is 30.9 Å². The molecule has 92 valence electrons. The van der Waals surface area contributed by atoms with E-state index in [2.05, 4.69) is 84.7 Å². The maximum Gasteiger partial charge on any atom is 0.0465 e. The molecular weight excluding hydrogens is 333 g/mol. The van der Waals surface area contributed by atoms with E-state index in [0.29, 0.717) is 0 Å². The molecule has 0 bridgehead atoms. The second-order valence-corrected chi connectivity index (χ2v) is 7.07. The van der Waals surface area contributed by atoms with Crippen molar-refractivity contribution in [3.63, 3.8) is 0 Å². The Morgan fingerprint density at radius 3 is 2.17 bits per heavy atom. The molecule has 2 heteroatoms. The van der Waals surface area contributed by atoms with Crippen LogP contribution < -0.4 is 0 Å². The second-order valence-electron chi connectivity index (χ2n) is 5.83. The van der Waals surface area contributed by atoms with E-state index in [-0.39, 0.29) is 5.41 Å². The maximum atomic E-state index is 3.48. The number of nitrogens with one attached hydrogen (secondary N) is 1. The van der Waals surface area contributed by atoms with Gasteiger partial charge in [-0.3, -0.25) is 0 Å². The molecule has 18 heavy (non-hydrogen) atoms. The van der Waals surface area contributed by atoms with Crippen LogP contribution in [0.4, 0.5) is 0 Å². The molecule has 1 aromatic heterocycles. The summed E-state index contributed by atoms with van der Waals surface area (Å²) in [7, 11) is 0. The van der Waals surface area contributed by atoms with Crippen LogP contribution in [-0.2, 0) is 5.41 Å². The third kappa shape index (κ3) is 1.92. The van der Waals surface area contributed by atoms with Crippen LogP contribution in [0.1, 0.15) is 26.3 Å². The highest BCUT2D eigenvalue weighted by Gasteiger charge is 2.15. The Morgan fingerprint density at radius 2 is 1.50 bits per heavy atom. The Kier molecular flexibility index (Phi) is 2.66. The number of aromatic amines is 1. The molecular formula is C16H16IN. The van der Waals surface area contributed by atoms with Crippen molar-refractivity contribution in [3.05, 3.63) is 45.5 Å². The third-order valence-corrected chi connectivity index (χ3v) is 4.10. The summed E-state index contributed by atoms with van der Waals surface area (Å²) in [5.74, 6) is 0. The van der Waals surface area contributed by atoms with Gasteiger partial charge >= 0.3 is 0 Å². The van der Waals surface area contributed by atoms with Crippen LogP contribution in [0.15, 0.2) is 36.4 Å². The minimum Gasteiger partial charge on any atom is -0.355 e. The number of H-pyrrole nitrogens is 1. The fourth-order valence-electron chi connectivity index (χ4n) is 2.34. The predicted octanol–water partition coefficient (Wildman–Crippen LogP) is 5.22. The van der Waals surface area contributed by atoms with Crippen molar-refractivity contribution < 1.29 is 0 Å². The van der Waals surface area contributed by atoms with E-state index in [4.69, 9.17) is 0 Å². The van der Waals surface area contributed by atoms with Crippen molar-refractivity contribution in [1.82, 2.24) is 4.98 Å². The normalized spacial score (nSPS) is 12.4. The summed E-state index contributed by atoms with van der Waals surface area (Å²) in [5, 5.41) is 2.65. The zero-order valence-corrected chi connectivity index (χ0v) is 13.0. The number of aromatic nitrogens is 1. The molecule has 0 spiro atoms. The molecule has 2 aromatic carbocycles. The Morgan fingerprint density at radius 1 is 0.889 bits per heavy atom. The SMILES string of the molecule is CC(C)(C)c1ccc2[nH]c3ccc(I)cc3c2c1. The van der Waals surface area contributed by atoms with Gasteiger partial charge in [0.25, 0.3) is 0 Å². The number of benzene rings is 2. The minimum atomic E-state index is 0.194. The van der Waals surface area contributed by atoms with Gasteiger partial charge in [-0.2, -0.15) is 0 Å². The summed E-state index contributed by atoms with van der Waals surface area (Å²) < 4.78 is 1.28. The summed E-state index contributed by atoms with van der Waals surface area (Å²) in [6.45, 7) is 6.77. The van der Waals surface area contributed by atoms with Gasteiger partial charge in [0, 0.05) is 25.4 Å². The summed E-state index contributed by atoms with van der Waals surface area (Å²) in [5.41, 5.74) is 4.02. The fourth-order valence-corrected chi connectivity index (χ4v) is 2.83. The topological polar surface area (TPSA) is 15.8 Å². The van der Waals surface area contributed by atoms with Gasteiger partial charge in [0.1, 0.15) is 0 Å². The smallest absolute Gasteiger partial charge is 0.0465 e. The van der Waals surface area contributed by atoms with E-state index < -0.39 is 0 Å². The van der Waals surface area contributed by atoms with E-state index in [9.17, 15) is 0 Å². The number of halogens is 1. The Hall–Kier alpha value is -1.03. The zero-order chi connectivity index (χ0) is 12.9. The Balaban J connectivity index is 2.38. The quantitative estimate of drug-likeness (QED) is 0.536. The highest BCUT2D eigenvalue weighted by molar-refractivity contribution is 14.1. The summed E-state index contributed by atoms with van der Waals surface area (Å²) in [6, 6.07) is 13.3. The lowest BCUT2D eigenvalue weighted by Gasteiger charge is -2.18. The number of rotatable bonds is 0. The molecule has 0 saturated carbocycles. The molecule has 0 aliphatic rings. The predicted molar refractivity (Wildman–Crippen MR) is 87.2 cm³/mol. The molecule has 3 aromatic rings. The standard InChI is InChI=1S/C16H16IN/c1-16(2,3)10-4-6-14-12(8-10)13-9-11(17)5-7-15(13)18-14/h4-9,18H,1-3H3. The largest absolute Gasteiger partial charge is 0.355 e. The van der Waals surface area contributed by atoms with Gasteiger partial charge in [0.2, 0.25) is 0 Å². The van der Waals surface area contributed by atoms with Crippen LogP contribution in [0.25, 0.3) is 21.8 Å². The van der Waals surface area contributed by atoms with E-state index in [0.717, 1.165) is 0 Å². The summed E-state index contributed by atoms with van der Waals surface area (Å²) >= 11 is 2.37. The molecule has 1 nitrogen and oxygen atoms in total. The average Bonchev–Trinajstić information content (AvgIpc) is 2.65. The lowest BCUT2D eigenvalue weighted by molar-refractivity contribution is 0.591. The van der Waals surface area contributed by atoms with Crippen LogP contribution in [-0.4, -0.2) is 4.98 Å².